The summed E-state index contributed by atoms with van der Waals surface area (Å²) in [7, 11) is 0. The summed E-state index contributed by atoms with van der Waals surface area (Å²) >= 11 is 0. The summed E-state index contributed by atoms with van der Waals surface area (Å²) in [6.07, 6.45) is -0.513. The Hall–Kier alpha value is -2.30. The SMILES string of the molecule is Cc1[nH]nc(NC(=O)OC(C)(C)C)c1-c1ccccc1. The first kappa shape index (κ1) is 14.1. The van der Waals surface area contributed by atoms with E-state index in [1.54, 1.807) is 0 Å². The lowest BCUT2D eigenvalue weighted by atomic mass is 10.1. The second-order valence-electron chi connectivity index (χ2n) is 5.57. The Morgan fingerprint density at radius 3 is 2.50 bits per heavy atom. The van der Waals surface area contributed by atoms with Gasteiger partial charge in [-0.25, -0.2) is 4.79 Å². The molecule has 0 spiro atoms. The van der Waals surface area contributed by atoms with Crippen LogP contribution in [0.5, 0.6) is 0 Å². The van der Waals surface area contributed by atoms with Crippen LogP contribution < -0.4 is 5.32 Å². The molecule has 0 fully saturated rings. The molecule has 0 unspecified atom stereocenters. The van der Waals surface area contributed by atoms with Crippen molar-refractivity contribution in [2.45, 2.75) is 33.3 Å². The summed E-state index contributed by atoms with van der Waals surface area (Å²) in [5, 5.41) is 9.69. The van der Waals surface area contributed by atoms with E-state index in [0.717, 1.165) is 16.8 Å². The van der Waals surface area contributed by atoms with Crippen molar-refractivity contribution in [2.75, 3.05) is 5.32 Å². The highest BCUT2D eigenvalue weighted by Gasteiger charge is 2.19. The van der Waals surface area contributed by atoms with Crippen LogP contribution in [0.25, 0.3) is 11.1 Å². The molecule has 1 amide bonds. The molecule has 106 valence electrons. The van der Waals surface area contributed by atoms with Crippen LogP contribution in [-0.4, -0.2) is 21.9 Å². The number of rotatable bonds is 2. The molecule has 0 atom stereocenters. The maximum atomic E-state index is 11.8. The van der Waals surface area contributed by atoms with Gasteiger partial charge < -0.3 is 4.74 Å². The van der Waals surface area contributed by atoms with Crippen molar-refractivity contribution in [3.05, 3.63) is 36.0 Å². The summed E-state index contributed by atoms with van der Waals surface area (Å²) in [4.78, 5) is 11.8. The number of amides is 1. The minimum Gasteiger partial charge on any atom is -0.444 e. The number of nitrogens with one attached hydrogen (secondary N) is 2. The van der Waals surface area contributed by atoms with Gasteiger partial charge in [-0.3, -0.25) is 10.4 Å². The zero-order valence-electron chi connectivity index (χ0n) is 12.2. The Balaban J connectivity index is 2.24. The number of anilines is 1. The first-order valence-electron chi connectivity index (χ1n) is 6.47. The van der Waals surface area contributed by atoms with Gasteiger partial charge in [0.15, 0.2) is 5.82 Å². The molecule has 2 rings (SSSR count). The van der Waals surface area contributed by atoms with Crippen molar-refractivity contribution in [1.29, 1.82) is 0 Å². The number of carbonyl (C=O) groups is 1. The zero-order valence-corrected chi connectivity index (χ0v) is 12.2. The largest absolute Gasteiger partial charge is 0.444 e. The molecule has 0 aliphatic carbocycles. The molecule has 5 heteroatoms. The van der Waals surface area contributed by atoms with Gasteiger partial charge >= 0.3 is 6.09 Å². The lowest BCUT2D eigenvalue weighted by Gasteiger charge is -2.19. The first-order chi connectivity index (χ1) is 9.37. The van der Waals surface area contributed by atoms with Crippen LogP contribution in [0.4, 0.5) is 10.6 Å². The van der Waals surface area contributed by atoms with Crippen LogP contribution in [0.3, 0.4) is 0 Å². The number of ether oxygens (including phenoxy) is 1. The van der Waals surface area contributed by atoms with E-state index in [4.69, 9.17) is 4.74 Å². The van der Waals surface area contributed by atoms with Gasteiger partial charge in [0.05, 0.1) is 0 Å². The van der Waals surface area contributed by atoms with Crippen LogP contribution >= 0.6 is 0 Å². The number of nitrogens with zero attached hydrogens (tertiary/aromatic N) is 1. The van der Waals surface area contributed by atoms with E-state index < -0.39 is 11.7 Å². The fourth-order valence-corrected chi connectivity index (χ4v) is 1.88. The lowest BCUT2D eigenvalue weighted by molar-refractivity contribution is 0.0635. The highest BCUT2D eigenvalue weighted by molar-refractivity contribution is 5.90. The lowest BCUT2D eigenvalue weighted by Crippen LogP contribution is -2.27. The van der Waals surface area contributed by atoms with Gasteiger partial charge in [0, 0.05) is 11.3 Å². The molecule has 5 nitrogen and oxygen atoms in total. The minimum absolute atomic E-state index is 0.475. The number of hydrogen-bond acceptors (Lipinski definition) is 3. The first-order valence-corrected chi connectivity index (χ1v) is 6.47. The van der Waals surface area contributed by atoms with Crippen LogP contribution in [0.2, 0.25) is 0 Å². The molecule has 0 bridgehead atoms. The molecule has 1 heterocycles. The second-order valence-corrected chi connectivity index (χ2v) is 5.57. The summed E-state index contributed by atoms with van der Waals surface area (Å²) in [5.74, 6) is 0.475. The topological polar surface area (TPSA) is 67.0 Å². The molecule has 1 aromatic heterocycles. The molecule has 0 aliphatic heterocycles. The Labute approximate surface area is 118 Å². The molecular weight excluding hydrogens is 254 g/mol. The predicted molar refractivity (Wildman–Crippen MR) is 78.6 cm³/mol. The van der Waals surface area contributed by atoms with E-state index in [9.17, 15) is 4.79 Å². The average molecular weight is 273 g/mol. The van der Waals surface area contributed by atoms with Crippen molar-refractivity contribution in [3.63, 3.8) is 0 Å². The molecule has 0 aliphatic rings. The molecule has 0 saturated heterocycles. The van der Waals surface area contributed by atoms with Gasteiger partial charge in [0.25, 0.3) is 0 Å². The third kappa shape index (κ3) is 3.38. The predicted octanol–water partition coefficient (Wildman–Crippen LogP) is 3.73. The fraction of sp³-hybridized carbons (Fsp3) is 0.333. The van der Waals surface area contributed by atoms with Gasteiger partial charge in [-0.2, -0.15) is 5.10 Å². The molecule has 0 saturated carbocycles. The average Bonchev–Trinajstić information content (AvgIpc) is 2.69. The van der Waals surface area contributed by atoms with E-state index in [2.05, 4.69) is 15.5 Å². The van der Waals surface area contributed by atoms with E-state index in [1.165, 1.54) is 0 Å². The van der Waals surface area contributed by atoms with Crippen molar-refractivity contribution in [2.24, 2.45) is 0 Å². The third-order valence-corrected chi connectivity index (χ3v) is 2.63. The van der Waals surface area contributed by atoms with Crippen molar-refractivity contribution >= 4 is 11.9 Å². The minimum atomic E-state index is -0.539. The highest BCUT2D eigenvalue weighted by Crippen LogP contribution is 2.29. The molecular formula is C15H19N3O2. The monoisotopic (exact) mass is 273 g/mol. The summed E-state index contributed by atoms with van der Waals surface area (Å²) in [6, 6.07) is 9.77. The Morgan fingerprint density at radius 2 is 1.90 bits per heavy atom. The van der Waals surface area contributed by atoms with Gasteiger partial charge in [0.2, 0.25) is 0 Å². The number of benzene rings is 1. The summed E-state index contributed by atoms with van der Waals surface area (Å²) in [6.45, 7) is 7.37. The van der Waals surface area contributed by atoms with Gasteiger partial charge in [-0.1, -0.05) is 30.3 Å². The number of aromatic amines is 1. The van der Waals surface area contributed by atoms with E-state index >= 15 is 0 Å². The van der Waals surface area contributed by atoms with Gasteiger partial charge in [0.1, 0.15) is 5.60 Å². The standard InChI is InChI=1S/C15H19N3O2/c1-10-12(11-8-6-5-7-9-11)13(18-17-10)16-14(19)20-15(2,3)4/h5-9H,1-4H3,(H2,16,17,18,19). The molecule has 1 aromatic carbocycles. The smallest absolute Gasteiger partial charge is 0.413 e. The van der Waals surface area contributed by atoms with E-state index in [0.29, 0.717) is 5.82 Å². The van der Waals surface area contributed by atoms with E-state index in [1.807, 2.05) is 58.0 Å². The maximum Gasteiger partial charge on any atom is 0.413 e. The maximum absolute atomic E-state index is 11.8. The van der Waals surface area contributed by atoms with Gasteiger partial charge in [-0.05, 0) is 33.3 Å². The normalized spacial score (nSPS) is 11.2. The number of hydrogen-bond donors (Lipinski definition) is 2. The van der Waals surface area contributed by atoms with Crippen LogP contribution in [-0.2, 0) is 4.74 Å². The number of aromatic nitrogens is 2. The van der Waals surface area contributed by atoms with Crippen molar-refractivity contribution in [1.82, 2.24) is 10.2 Å². The molecule has 2 aromatic rings. The zero-order chi connectivity index (χ0) is 14.8. The van der Waals surface area contributed by atoms with Crippen LogP contribution in [0, 0.1) is 6.92 Å². The van der Waals surface area contributed by atoms with Crippen LogP contribution in [0.1, 0.15) is 26.5 Å². The Bertz CT molecular complexity index is 597. The van der Waals surface area contributed by atoms with E-state index in [-0.39, 0.29) is 0 Å². The molecule has 20 heavy (non-hydrogen) atoms. The fourth-order valence-electron chi connectivity index (χ4n) is 1.88. The summed E-state index contributed by atoms with van der Waals surface area (Å²) in [5.41, 5.74) is 2.21. The molecule has 0 radical (unpaired) electrons. The quantitative estimate of drug-likeness (QED) is 0.876. The Morgan fingerprint density at radius 1 is 1.25 bits per heavy atom. The second kappa shape index (κ2) is 5.36. The van der Waals surface area contributed by atoms with Crippen LogP contribution in [0.15, 0.2) is 30.3 Å². The van der Waals surface area contributed by atoms with Crippen molar-refractivity contribution < 1.29 is 9.53 Å². The number of H-pyrrole nitrogens is 1. The number of aryl methyl sites for hydroxylation is 1. The highest BCUT2D eigenvalue weighted by atomic mass is 16.6. The number of carbonyl (C=O) groups excluding carboxylic acids is 1. The van der Waals surface area contributed by atoms with Gasteiger partial charge in [-0.15, -0.1) is 0 Å². The Kier molecular flexibility index (Phi) is 3.79. The molecule has 2 N–H and O–H groups in total. The summed E-state index contributed by atoms with van der Waals surface area (Å²) < 4.78 is 5.24. The van der Waals surface area contributed by atoms with Crippen molar-refractivity contribution in [3.8, 4) is 11.1 Å². The third-order valence-electron chi connectivity index (χ3n) is 2.63.